The molecule has 1 saturated heterocycles. The molecule has 1 fully saturated rings. The number of morpholine rings is 1. The van der Waals surface area contributed by atoms with E-state index in [1.165, 1.54) is 11.3 Å². The van der Waals surface area contributed by atoms with Crippen LogP contribution in [0.4, 0.5) is 5.13 Å². The van der Waals surface area contributed by atoms with E-state index in [1.807, 2.05) is 42.2 Å². The maximum atomic E-state index is 13.7. The SMILES string of the molecule is Cc1cc(Cl)cc2sc(N(CCCN3CCOCC3)C(=O)Cc3cccc4ccccc34)nc12.Cl. The fourth-order valence-electron chi connectivity index (χ4n) is 4.57. The number of rotatable bonds is 7. The van der Waals surface area contributed by atoms with E-state index in [1.54, 1.807) is 0 Å². The van der Waals surface area contributed by atoms with Gasteiger partial charge in [0, 0.05) is 31.2 Å². The van der Waals surface area contributed by atoms with Gasteiger partial charge in [0.25, 0.3) is 0 Å². The lowest BCUT2D eigenvalue weighted by atomic mass is 10.0. The fourth-order valence-corrected chi connectivity index (χ4v) is 6.03. The summed E-state index contributed by atoms with van der Waals surface area (Å²) in [5.41, 5.74) is 2.99. The number of ether oxygens (including phenoxy) is 1. The van der Waals surface area contributed by atoms with Gasteiger partial charge in [-0.15, -0.1) is 12.4 Å². The molecule has 0 saturated carbocycles. The average molecular weight is 531 g/mol. The van der Waals surface area contributed by atoms with Gasteiger partial charge in [0.05, 0.1) is 29.9 Å². The van der Waals surface area contributed by atoms with Crippen LogP contribution in [0.5, 0.6) is 0 Å². The van der Waals surface area contributed by atoms with E-state index in [4.69, 9.17) is 21.3 Å². The Morgan fingerprint density at radius 3 is 2.74 bits per heavy atom. The molecule has 0 N–H and O–H groups in total. The molecule has 0 bridgehead atoms. The maximum absolute atomic E-state index is 13.7. The Morgan fingerprint density at radius 1 is 1.14 bits per heavy atom. The minimum Gasteiger partial charge on any atom is -0.379 e. The van der Waals surface area contributed by atoms with Gasteiger partial charge in [-0.1, -0.05) is 65.4 Å². The van der Waals surface area contributed by atoms with Gasteiger partial charge in [-0.25, -0.2) is 4.98 Å². The molecule has 1 aliphatic heterocycles. The molecule has 35 heavy (non-hydrogen) atoms. The molecule has 5 nitrogen and oxygen atoms in total. The second-order valence-corrected chi connectivity index (χ2v) is 10.2. The predicted octanol–water partition coefficient (Wildman–Crippen LogP) is 6.13. The van der Waals surface area contributed by atoms with E-state index in [-0.39, 0.29) is 18.3 Å². The van der Waals surface area contributed by atoms with Gasteiger partial charge in [0.2, 0.25) is 5.91 Å². The van der Waals surface area contributed by atoms with Crippen molar-refractivity contribution < 1.29 is 9.53 Å². The summed E-state index contributed by atoms with van der Waals surface area (Å²) < 4.78 is 6.48. The molecule has 0 spiro atoms. The van der Waals surface area contributed by atoms with Crippen molar-refractivity contribution in [2.24, 2.45) is 0 Å². The smallest absolute Gasteiger partial charge is 0.233 e. The quantitative estimate of drug-likeness (QED) is 0.288. The second-order valence-electron chi connectivity index (χ2n) is 8.73. The topological polar surface area (TPSA) is 45.7 Å². The molecule has 8 heteroatoms. The van der Waals surface area contributed by atoms with Crippen LogP contribution in [0.25, 0.3) is 21.0 Å². The number of nitrogens with zero attached hydrogens (tertiary/aromatic N) is 3. The zero-order chi connectivity index (χ0) is 23.5. The highest BCUT2D eigenvalue weighted by molar-refractivity contribution is 7.22. The summed E-state index contributed by atoms with van der Waals surface area (Å²) in [4.78, 5) is 22.9. The van der Waals surface area contributed by atoms with Crippen molar-refractivity contribution in [2.45, 2.75) is 19.8 Å². The number of halogens is 2. The summed E-state index contributed by atoms with van der Waals surface area (Å²) in [6.07, 6.45) is 1.23. The van der Waals surface area contributed by atoms with Crippen molar-refractivity contribution in [3.05, 3.63) is 70.7 Å². The number of carbonyl (C=O) groups is 1. The van der Waals surface area contributed by atoms with Gasteiger partial charge in [-0.2, -0.15) is 0 Å². The number of hydrogen-bond acceptors (Lipinski definition) is 5. The van der Waals surface area contributed by atoms with Crippen molar-refractivity contribution in [2.75, 3.05) is 44.3 Å². The Morgan fingerprint density at radius 2 is 1.91 bits per heavy atom. The van der Waals surface area contributed by atoms with Crippen LogP contribution in [0.1, 0.15) is 17.5 Å². The van der Waals surface area contributed by atoms with E-state index in [9.17, 15) is 4.79 Å². The van der Waals surface area contributed by atoms with E-state index < -0.39 is 0 Å². The minimum absolute atomic E-state index is 0. The predicted molar refractivity (Wildman–Crippen MR) is 148 cm³/mol. The molecular weight excluding hydrogens is 501 g/mol. The van der Waals surface area contributed by atoms with Crippen LogP contribution >= 0.6 is 35.3 Å². The number of benzene rings is 3. The van der Waals surface area contributed by atoms with Crippen molar-refractivity contribution in [1.29, 1.82) is 0 Å². The Labute approximate surface area is 221 Å². The van der Waals surface area contributed by atoms with Crippen molar-refractivity contribution in [3.8, 4) is 0 Å². The standard InChI is InChI=1S/C27H28ClN3O2S.ClH/c1-19-16-22(28)18-24-26(19)29-27(34-24)31(11-5-10-30-12-14-33-15-13-30)25(32)17-21-8-4-7-20-6-2-3-9-23(20)21;/h2-4,6-9,16,18H,5,10-15,17H2,1H3;1H. The zero-order valence-electron chi connectivity index (χ0n) is 19.7. The Balaban J connectivity index is 0.00000289. The second kappa shape index (κ2) is 11.7. The molecule has 0 radical (unpaired) electrons. The van der Waals surface area contributed by atoms with Gasteiger partial charge in [0.15, 0.2) is 5.13 Å². The number of aryl methyl sites for hydroxylation is 1. The van der Waals surface area contributed by atoms with Crippen molar-refractivity contribution in [1.82, 2.24) is 9.88 Å². The largest absolute Gasteiger partial charge is 0.379 e. The Bertz CT molecular complexity index is 1320. The van der Waals surface area contributed by atoms with Crippen LogP contribution in [0, 0.1) is 6.92 Å². The van der Waals surface area contributed by atoms with Crippen molar-refractivity contribution in [3.63, 3.8) is 0 Å². The van der Waals surface area contributed by atoms with E-state index in [2.05, 4.69) is 29.2 Å². The number of fused-ring (bicyclic) bond motifs is 2. The van der Waals surface area contributed by atoms with E-state index in [0.717, 1.165) is 76.5 Å². The summed E-state index contributed by atoms with van der Waals surface area (Å²) in [7, 11) is 0. The van der Waals surface area contributed by atoms with Crippen LogP contribution in [0.15, 0.2) is 54.6 Å². The summed E-state index contributed by atoms with van der Waals surface area (Å²) >= 11 is 7.83. The van der Waals surface area contributed by atoms with Crippen LogP contribution in [0.2, 0.25) is 5.02 Å². The highest BCUT2D eigenvalue weighted by Gasteiger charge is 2.22. The van der Waals surface area contributed by atoms with Gasteiger partial charge in [0.1, 0.15) is 0 Å². The Hall–Kier alpha value is -2.22. The molecule has 4 aromatic rings. The summed E-state index contributed by atoms with van der Waals surface area (Å²) in [5, 5.41) is 3.71. The molecular formula is C27H29Cl2N3O2S. The lowest BCUT2D eigenvalue weighted by molar-refractivity contribution is -0.118. The van der Waals surface area contributed by atoms with Crippen LogP contribution in [-0.4, -0.2) is 55.2 Å². The fraction of sp³-hybridized carbons (Fsp3) is 0.333. The third-order valence-electron chi connectivity index (χ3n) is 6.35. The van der Waals surface area contributed by atoms with Gasteiger partial charge >= 0.3 is 0 Å². The maximum Gasteiger partial charge on any atom is 0.233 e. The number of aromatic nitrogens is 1. The zero-order valence-corrected chi connectivity index (χ0v) is 22.1. The first-order valence-electron chi connectivity index (χ1n) is 11.7. The molecule has 1 amide bonds. The molecule has 5 rings (SSSR count). The first kappa shape index (κ1) is 25.9. The van der Waals surface area contributed by atoms with Crippen LogP contribution in [0.3, 0.4) is 0 Å². The molecule has 1 aromatic heterocycles. The van der Waals surface area contributed by atoms with Crippen molar-refractivity contribution >= 4 is 67.4 Å². The van der Waals surface area contributed by atoms with Gasteiger partial charge < -0.3 is 4.74 Å². The summed E-state index contributed by atoms with van der Waals surface area (Å²) in [5.74, 6) is 0.0705. The number of carbonyl (C=O) groups excluding carboxylic acids is 1. The molecule has 0 atom stereocenters. The van der Waals surface area contributed by atoms with Crippen LogP contribution in [-0.2, 0) is 16.0 Å². The molecule has 1 aliphatic rings. The highest BCUT2D eigenvalue weighted by atomic mass is 35.5. The summed E-state index contributed by atoms with van der Waals surface area (Å²) in [6, 6.07) is 18.2. The first-order valence-corrected chi connectivity index (χ1v) is 12.9. The number of hydrogen-bond donors (Lipinski definition) is 0. The molecule has 0 unspecified atom stereocenters. The van der Waals surface area contributed by atoms with E-state index >= 15 is 0 Å². The number of thiazole rings is 1. The highest BCUT2D eigenvalue weighted by Crippen LogP contribution is 2.33. The molecule has 184 valence electrons. The van der Waals surface area contributed by atoms with Gasteiger partial charge in [-0.05, 0) is 47.4 Å². The first-order chi connectivity index (χ1) is 16.6. The monoisotopic (exact) mass is 529 g/mol. The minimum atomic E-state index is 0. The normalized spacial score (nSPS) is 14.2. The summed E-state index contributed by atoms with van der Waals surface area (Å²) in [6.45, 7) is 7.04. The molecule has 3 aromatic carbocycles. The lowest BCUT2D eigenvalue weighted by Gasteiger charge is -2.27. The third-order valence-corrected chi connectivity index (χ3v) is 7.60. The van der Waals surface area contributed by atoms with Crippen LogP contribution < -0.4 is 4.90 Å². The lowest BCUT2D eigenvalue weighted by Crippen LogP contribution is -2.39. The average Bonchev–Trinajstić information content (AvgIpc) is 3.26. The Kier molecular flexibility index (Phi) is 8.63. The van der Waals surface area contributed by atoms with E-state index in [0.29, 0.717) is 18.0 Å². The number of amides is 1. The third kappa shape index (κ3) is 5.96. The molecule has 0 aliphatic carbocycles. The molecule has 2 heterocycles. The van der Waals surface area contributed by atoms with Gasteiger partial charge in [-0.3, -0.25) is 14.6 Å². The number of anilines is 1.